The molecule has 2 N–H and O–H groups in total. The summed E-state index contributed by atoms with van der Waals surface area (Å²) in [7, 11) is 0. The highest BCUT2D eigenvalue weighted by Crippen LogP contribution is 2.17. The van der Waals surface area contributed by atoms with E-state index in [1.54, 1.807) is 0 Å². The lowest BCUT2D eigenvalue weighted by atomic mass is 10.3. The fourth-order valence-corrected chi connectivity index (χ4v) is 2.41. The lowest BCUT2D eigenvalue weighted by Crippen LogP contribution is -2.39. The summed E-state index contributed by atoms with van der Waals surface area (Å²) < 4.78 is 42.6. The van der Waals surface area contributed by atoms with Crippen molar-refractivity contribution in [2.45, 2.75) is 25.9 Å². The highest BCUT2D eigenvalue weighted by molar-refractivity contribution is 5.79. The van der Waals surface area contributed by atoms with E-state index in [1.165, 1.54) is 6.07 Å². The Morgan fingerprint density at radius 1 is 1.31 bits per heavy atom. The van der Waals surface area contributed by atoms with Crippen molar-refractivity contribution in [3.05, 3.63) is 29.8 Å². The molecule has 0 saturated carbocycles. The average Bonchev–Trinajstić information content (AvgIpc) is 3.13. The number of aliphatic imine (C=N–C) groups is 1. The van der Waals surface area contributed by atoms with E-state index in [-0.39, 0.29) is 18.5 Å². The van der Waals surface area contributed by atoms with Gasteiger partial charge in [0.05, 0.1) is 19.3 Å². The van der Waals surface area contributed by atoms with Crippen LogP contribution in [0.1, 0.15) is 19.8 Å². The van der Waals surface area contributed by atoms with Crippen LogP contribution in [-0.4, -0.2) is 58.1 Å². The van der Waals surface area contributed by atoms with Crippen molar-refractivity contribution in [1.82, 2.24) is 10.6 Å². The number of nitrogens with zero attached hydrogens (tertiary/aromatic N) is 1. The van der Waals surface area contributed by atoms with E-state index in [1.807, 2.05) is 6.92 Å². The van der Waals surface area contributed by atoms with Gasteiger partial charge in [-0.2, -0.15) is 0 Å². The molecule has 6 nitrogen and oxygen atoms in total. The van der Waals surface area contributed by atoms with Crippen molar-refractivity contribution in [3.63, 3.8) is 0 Å². The Kier molecular flexibility index (Phi) is 9.13. The van der Waals surface area contributed by atoms with E-state index in [4.69, 9.17) is 14.2 Å². The van der Waals surface area contributed by atoms with Crippen molar-refractivity contribution in [3.8, 4) is 5.75 Å². The molecule has 0 radical (unpaired) electrons. The molecule has 1 aromatic carbocycles. The summed E-state index contributed by atoms with van der Waals surface area (Å²) in [6, 6.07) is 3.24. The SMILES string of the molecule is CCNC(=NCCCOC1CCOC1)NCCOc1ccc(F)cc1F. The van der Waals surface area contributed by atoms with Crippen LogP contribution in [0.25, 0.3) is 0 Å². The standard InChI is InChI=1S/C18H27F2N3O3/c1-2-21-18(22-7-3-9-25-15-6-10-24-13-15)23-8-11-26-17-5-4-14(19)12-16(17)20/h4-5,12,15H,2-3,6-11,13H2,1H3,(H2,21,22,23). The van der Waals surface area contributed by atoms with Crippen LogP contribution in [0.15, 0.2) is 23.2 Å². The van der Waals surface area contributed by atoms with Crippen molar-refractivity contribution in [2.24, 2.45) is 4.99 Å². The minimum atomic E-state index is -0.710. The van der Waals surface area contributed by atoms with Gasteiger partial charge in [-0.25, -0.2) is 8.78 Å². The number of guanidine groups is 1. The molecule has 0 aliphatic carbocycles. The van der Waals surface area contributed by atoms with Crippen LogP contribution in [0.3, 0.4) is 0 Å². The van der Waals surface area contributed by atoms with E-state index < -0.39 is 11.6 Å². The van der Waals surface area contributed by atoms with Gasteiger partial charge in [-0.3, -0.25) is 4.99 Å². The first-order valence-corrected chi connectivity index (χ1v) is 8.98. The van der Waals surface area contributed by atoms with Gasteiger partial charge in [0.25, 0.3) is 0 Å². The molecule has 0 amide bonds. The molecule has 1 aliphatic heterocycles. The fourth-order valence-electron chi connectivity index (χ4n) is 2.41. The van der Waals surface area contributed by atoms with E-state index >= 15 is 0 Å². The third-order valence-corrected chi connectivity index (χ3v) is 3.70. The van der Waals surface area contributed by atoms with Gasteiger partial charge < -0.3 is 24.8 Å². The first-order valence-electron chi connectivity index (χ1n) is 8.98. The fraction of sp³-hybridized carbons (Fsp3) is 0.611. The number of rotatable bonds is 10. The Hall–Kier alpha value is -1.93. The normalized spacial score (nSPS) is 17.3. The van der Waals surface area contributed by atoms with Crippen molar-refractivity contribution in [1.29, 1.82) is 0 Å². The Bertz CT molecular complexity index is 567. The summed E-state index contributed by atoms with van der Waals surface area (Å²) in [6.07, 6.45) is 2.00. The summed E-state index contributed by atoms with van der Waals surface area (Å²) >= 11 is 0. The molecule has 0 spiro atoms. The zero-order valence-electron chi connectivity index (χ0n) is 15.1. The molecule has 1 fully saturated rings. The van der Waals surface area contributed by atoms with Crippen LogP contribution in [0, 0.1) is 11.6 Å². The van der Waals surface area contributed by atoms with Crippen LogP contribution >= 0.6 is 0 Å². The third kappa shape index (κ3) is 7.53. The van der Waals surface area contributed by atoms with Crippen LogP contribution < -0.4 is 15.4 Å². The molecule has 1 heterocycles. The van der Waals surface area contributed by atoms with E-state index in [2.05, 4.69) is 15.6 Å². The van der Waals surface area contributed by atoms with Gasteiger partial charge >= 0.3 is 0 Å². The summed E-state index contributed by atoms with van der Waals surface area (Å²) in [5, 5.41) is 6.24. The molecule has 2 rings (SSSR count). The van der Waals surface area contributed by atoms with Gasteiger partial charge in [0.1, 0.15) is 12.4 Å². The predicted molar refractivity (Wildman–Crippen MR) is 95.6 cm³/mol. The summed E-state index contributed by atoms with van der Waals surface area (Å²) in [5.74, 6) is -0.639. The largest absolute Gasteiger partial charge is 0.489 e. The van der Waals surface area contributed by atoms with Crippen LogP contribution in [0.2, 0.25) is 0 Å². The third-order valence-electron chi connectivity index (χ3n) is 3.70. The van der Waals surface area contributed by atoms with Gasteiger partial charge in [0, 0.05) is 32.4 Å². The molecular formula is C18H27F2N3O3. The predicted octanol–water partition coefficient (Wildman–Crippen LogP) is 2.09. The van der Waals surface area contributed by atoms with Gasteiger partial charge in [-0.15, -0.1) is 0 Å². The number of halogens is 2. The Morgan fingerprint density at radius 2 is 2.19 bits per heavy atom. The number of ether oxygens (including phenoxy) is 3. The zero-order chi connectivity index (χ0) is 18.6. The lowest BCUT2D eigenvalue weighted by molar-refractivity contribution is 0.0424. The van der Waals surface area contributed by atoms with E-state index in [0.717, 1.165) is 38.1 Å². The second kappa shape index (κ2) is 11.6. The van der Waals surface area contributed by atoms with Crippen molar-refractivity contribution >= 4 is 5.96 Å². The van der Waals surface area contributed by atoms with Crippen LogP contribution in [-0.2, 0) is 9.47 Å². The zero-order valence-corrected chi connectivity index (χ0v) is 15.1. The summed E-state index contributed by atoms with van der Waals surface area (Å²) in [6.45, 7) is 6.14. The molecule has 1 aromatic rings. The second-order valence-electron chi connectivity index (χ2n) is 5.82. The first kappa shape index (κ1) is 20.4. The smallest absolute Gasteiger partial charge is 0.191 e. The Balaban J connectivity index is 1.62. The molecule has 1 aliphatic rings. The monoisotopic (exact) mass is 371 g/mol. The number of nitrogens with one attached hydrogen (secondary N) is 2. The van der Waals surface area contributed by atoms with E-state index in [9.17, 15) is 8.78 Å². The Labute approximate surface area is 152 Å². The summed E-state index contributed by atoms with van der Waals surface area (Å²) in [5.41, 5.74) is 0. The van der Waals surface area contributed by atoms with Crippen molar-refractivity contribution in [2.75, 3.05) is 46.1 Å². The maximum Gasteiger partial charge on any atom is 0.191 e. The van der Waals surface area contributed by atoms with Gasteiger partial charge in [0.15, 0.2) is 17.5 Å². The second-order valence-corrected chi connectivity index (χ2v) is 5.82. The highest BCUT2D eigenvalue weighted by Gasteiger charge is 2.15. The summed E-state index contributed by atoms with van der Waals surface area (Å²) in [4.78, 5) is 4.46. The maximum absolute atomic E-state index is 13.5. The molecule has 0 aromatic heterocycles. The van der Waals surface area contributed by atoms with Crippen LogP contribution in [0.5, 0.6) is 5.75 Å². The van der Waals surface area contributed by atoms with Crippen molar-refractivity contribution < 1.29 is 23.0 Å². The number of benzene rings is 1. The number of hydrogen-bond acceptors (Lipinski definition) is 4. The highest BCUT2D eigenvalue weighted by atomic mass is 19.1. The Morgan fingerprint density at radius 3 is 2.92 bits per heavy atom. The molecule has 1 unspecified atom stereocenters. The molecule has 8 heteroatoms. The van der Waals surface area contributed by atoms with Crippen LogP contribution in [0.4, 0.5) is 8.78 Å². The quantitative estimate of drug-likeness (QED) is 0.375. The lowest BCUT2D eigenvalue weighted by Gasteiger charge is -2.13. The molecule has 0 bridgehead atoms. The molecular weight excluding hydrogens is 344 g/mol. The molecule has 146 valence electrons. The molecule has 1 atom stereocenters. The van der Waals surface area contributed by atoms with Gasteiger partial charge in [-0.05, 0) is 31.9 Å². The maximum atomic E-state index is 13.5. The topological polar surface area (TPSA) is 64.1 Å². The minimum Gasteiger partial charge on any atom is -0.489 e. The van der Waals surface area contributed by atoms with Gasteiger partial charge in [-0.1, -0.05) is 0 Å². The van der Waals surface area contributed by atoms with Gasteiger partial charge in [0.2, 0.25) is 0 Å². The molecule has 26 heavy (non-hydrogen) atoms. The van der Waals surface area contributed by atoms with E-state index in [0.29, 0.717) is 32.3 Å². The number of hydrogen-bond donors (Lipinski definition) is 2. The average molecular weight is 371 g/mol. The first-order chi connectivity index (χ1) is 12.7. The minimum absolute atomic E-state index is 0.0307. The molecule has 1 saturated heterocycles.